The molecule has 1 aromatic rings. The molecule has 0 aliphatic heterocycles. The van der Waals surface area contributed by atoms with E-state index in [1.807, 2.05) is 0 Å². The molecule has 1 aromatic carbocycles. The van der Waals surface area contributed by atoms with Crippen molar-refractivity contribution in [3.05, 3.63) is 21.9 Å². The summed E-state index contributed by atoms with van der Waals surface area (Å²) in [4.78, 5) is 10.7. The maximum atomic E-state index is 13.6. The predicted molar refractivity (Wildman–Crippen MR) is 59.8 cm³/mol. The summed E-state index contributed by atoms with van der Waals surface area (Å²) in [6.45, 7) is 0. The lowest BCUT2D eigenvalue weighted by Gasteiger charge is -2.16. The number of carboxylic acid groups (broad SMARTS) is 1. The van der Waals surface area contributed by atoms with Crippen LogP contribution in [0.15, 0.2) is 10.5 Å². The molecule has 5 nitrogen and oxygen atoms in total. The highest BCUT2D eigenvalue weighted by Gasteiger charge is 2.28. The molecule has 0 fully saturated rings. The summed E-state index contributed by atoms with van der Waals surface area (Å²) in [5.41, 5.74) is -0.472. The highest BCUT2D eigenvalue weighted by Crippen LogP contribution is 2.42. The van der Waals surface area contributed by atoms with Gasteiger partial charge in [0.05, 0.1) is 24.3 Å². The van der Waals surface area contributed by atoms with E-state index in [9.17, 15) is 14.3 Å². The minimum atomic E-state index is -2.02. The number of carboxylic acids is 1. The van der Waals surface area contributed by atoms with Gasteiger partial charge in [-0.25, -0.2) is 9.18 Å². The third kappa shape index (κ3) is 2.50. The Morgan fingerprint density at radius 1 is 1.41 bits per heavy atom. The Balaban J connectivity index is 3.52. The van der Waals surface area contributed by atoms with E-state index in [0.717, 1.165) is 6.07 Å². The monoisotopic (exact) mass is 308 g/mol. The molecule has 7 heteroatoms. The van der Waals surface area contributed by atoms with E-state index in [0.29, 0.717) is 0 Å². The Hall–Kier alpha value is -1.34. The number of aliphatic hydroxyl groups is 1. The standard InChI is InChI=1S/C10H10BrFO5/c1-16-8-4(11)3-5(12)6(9(8)17-2)7(13)10(14)15/h3,7,13H,1-2H3,(H,14,15). The minimum absolute atomic E-state index is 0.115. The van der Waals surface area contributed by atoms with Gasteiger partial charge in [-0.1, -0.05) is 0 Å². The number of hydrogen-bond acceptors (Lipinski definition) is 4. The van der Waals surface area contributed by atoms with Gasteiger partial charge < -0.3 is 19.7 Å². The summed E-state index contributed by atoms with van der Waals surface area (Å²) in [5, 5.41) is 18.1. The van der Waals surface area contributed by atoms with Gasteiger partial charge in [0.25, 0.3) is 0 Å². The highest BCUT2D eigenvalue weighted by atomic mass is 79.9. The molecule has 1 atom stereocenters. The number of halogens is 2. The van der Waals surface area contributed by atoms with Crippen LogP contribution in [0.1, 0.15) is 11.7 Å². The molecule has 94 valence electrons. The number of carbonyl (C=O) groups is 1. The summed E-state index contributed by atoms with van der Waals surface area (Å²) < 4.78 is 23.7. The van der Waals surface area contributed by atoms with Crippen molar-refractivity contribution >= 4 is 21.9 Å². The van der Waals surface area contributed by atoms with Gasteiger partial charge in [-0.2, -0.15) is 0 Å². The fraction of sp³-hybridized carbons (Fsp3) is 0.300. The van der Waals surface area contributed by atoms with Crippen molar-refractivity contribution < 1.29 is 28.9 Å². The van der Waals surface area contributed by atoms with Gasteiger partial charge in [0.1, 0.15) is 5.82 Å². The van der Waals surface area contributed by atoms with Crippen molar-refractivity contribution in [1.29, 1.82) is 0 Å². The normalized spacial score (nSPS) is 12.1. The van der Waals surface area contributed by atoms with Gasteiger partial charge in [0.15, 0.2) is 17.6 Å². The third-order valence-corrected chi connectivity index (χ3v) is 2.68. The molecule has 0 aromatic heterocycles. The van der Waals surface area contributed by atoms with Crippen LogP contribution < -0.4 is 9.47 Å². The van der Waals surface area contributed by atoms with Crippen molar-refractivity contribution in [2.45, 2.75) is 6.10 Å². The number of methoxy groups -OCH3 is 2. The van der Waals surface area contributed by atoms with Crippen LogP contribution in [-0.2, 0) is 4.79 Å². The number of aliphatic carboxylic acids is 1. The van der Waals surface area contributed by atoms with E-state index >= 15 is 0 Å². The molecule has 0 radical (unpaired) electrons. The Labute approximate surface area is 105 Å². The van der Waals surface area contributed by atoms with Crippen LogP contribution >= 0.6 is 15.9 Å². The average molecular weight is 309 g/mol. The fourth-order valence-corrected chi connectivity index (χ4v) is 1.91. The summed E-state index contributed by atoms with van der Waals surface area (Å²) >= 11 is 3.05. The molecule has 2 N–H and O–H groups in total. The van der Waals surface area contributed by atoms with Gasteiger partial charge >= 0.3 is 5.97 Å². The molecular formula is C10H10BrFO5. The largest absolute Gasteiger partial charge is 0.492 e. The van der Waals surface area contributed by atoms with Gasteiger partial charge in [-0.15, -0.1) is 0 Å². The Morgan fingerprint density at radius 2 is 1.94 bits per heavy atom. The number of aliphatic hydroxyl groups excluding tert-OH is 1. The molecule has 0 aliphatic carbocycles. The molecule has 0 saturated heterocycles. The van der Waals surface area contributed by atoms with E-state index in [1.165, 1.54) is 14.2 Å². The Kier molecular flexibility index (Phi) is 4.30. The SMILES string of the molecule is COc1c(Br)cc(F)c(C(O)C(=O)O)c1OC. The summed E-state index contributed by atoms with van der Waals surface area (Å²) in [6.07, 6.45) is -2.02. The highest BCUT2D eigenvalue weighted by molar-refractivity contribution is 9.10. The molecular weight excluding hydrogens is 299 g/mol. The zero-order valence-electron chi connectivity index (χ0n) is 9.03. The van der Waals surface area contributed by atoms with Crippen molar-refractivity contribution in [3.63, 3.8) is 0 Å². The summed E-state index contributed by atoms with van der Waals surface area (Å²) in [6, 6.07) is 1.00. The van der Waals surface area contributed by atoms with E-state index in [2.05, 4.69) is 15.9 Å². The van der Waals surface area contributed by atoms with Crippen molar-refractivity contribution in [2.75, 3.05) is 14.2 Å². The molecule has 1 unspecified atom stereocenters. The lowest BCUT2D eigenvalue weighted by atomic mass is 10.1. The average Bonchev–Trinajstić information content (AvgIpc) is 2.27. The van der Waals surface area contributed by atoms with E-state index in [-0.39, 0.29) is 16.0 Å². The van der Waals surface area contributed by atoms with Crippen LogP contribution in [0.25, 0.3) is 0 Å². The van der Waals surface area contributed by atoms with E-state index in [4.69, 9.17) is 14.6 Å². The second-order valence-corrected chi connectivity index (χ2v) is 3.92. The molecule has 1 rings (SSSR count). The van der Waals surface area contributed by atoms with Gasteiger partial charge in [-0.05, 0) is 22.0 Å². The number of hydrogen-bond donors (Lipinski definition) is 2. The Morgan fingerprint density at radius 3 is 2.35 bits per heavy atom. The lowest BCUT2D eigenvalue weighted by Crippen LogP contribution is -2.14. The molecule has 0 heterocycles. The zero-order valence-corrected chi connectivity index (χ0v) is 10.6. The quantitative estimate of drug-likeness (QED) is 0.886. The Bertz CT molecular complexity index is 449. The van der Waals surface area contributed by atoms with Crippen LogP contribution in [0.4, 0.5) is 4.39 Å². The first-order valence-corrected chi connectivity index (χ1v) is 5.24. The van der Waals surface area contributed by atoms with Gasteiger partial charge in [-0.3, -0.25) is 0 Å². The second kappa shape index (κ2) is 5.33. The van der Waals surface area contributed by atoms with E-state index in [1.54, 1.807) is 0 Å². The fourth-order valence-electron chi connectivity index (χ4n) is 1.36. The third-order valence-electron chi connectivity index (χ3n) is 2.09. The van der Waals surface area contributed by atoms with Crippen LogP contribution in [-0.4, -0.2) is 30.4 Å². The van der Waals surface area contributed by atoms with Crippen molar-refractivity contribution in [1.82, 2.24) is 0 Å². The summed E-state index contributed by atoms with van der Waals surface area (Å²) in [7, 11) is 2.54. The topological polar surface area (TPSA) is 76.0 Å². The smallest absolute Gasteiger partial charge is 0.337 e. The van der Waals surface area contributed by atoms with Crippen LogP contribution in [0, 0.1) is 5.82 Å². The predicted octanol–water partition coefficient (Wildman–Crippen LogP) is 1.72. The molecule has 0 bridgehead atoms. The first-order chi connectivity index (χ1) is 7.93. The number of benzene rings is 1. The first kappa shape index (κ1) is 13.7. The van der Waals surface area contributed by atoms with E-state index < -0.39 is 23.5 Å². The second-order valence-electron chi connectivity index (χ2n) is 3.06. The van der Waals surface area contributed by atoms with Gasteiger partial charge in [0, 0.05) is 0 Å². The lowest BCUT2D eigenvalue weighted by molar-refractivity contribution is -0.147. The van der Waals surface area contributed by atoms with Crippen molar-refractivity contribution in [2.24, 2.45) is 0 Å². The van der Waals surface area contributed by atoms with Crippen LogP contribution in [0.2, 0.25) is 0 Å². The molecule has 17 heavy (non-hydrogen) atoms. The maximum Gasteiger partial charge on any atom is 0.337 e. The molecule has 0 saturated carbocycles. The zero-order chi connectivity index (χ0) is 13.2. The first-order valence-electron chi connectivity index (χ1n) is 4.44. The maximum absolute atomic E-state index is 13.6. The van der Waals surface area contributed by atoms with Crippen LogP contribution in [0.5, 0.6) is 11.5 Å². The number of ether oxygens (including phenoxy) is 2. The molecule has 0 spiro atoms. The van der Waals surface area contributed by atoms with Crippen molar-refractivity contribution in [3.8, 4) is 11.5 Å². The van der Waals surface area contributed by atoms with Gasteiger partial charge in [0.2, 0.25) is 0 Å². The molecule has 0 amide bonds. The number of rotatable bonds is 4. The van der Waals surface area contributed by atoms with Crippen LogP contribution in [0.3, 0.4) is 0 Å². The molecule has 0 aliphatic rings. The summed E-state index contributed by atoms with van der Waals surface area (Å²) in [5.74, 6) is -2.52. The minimum Gasteiger partial charge on any atom is -0.492 e.